The van der Waals surface area contributed by atoms with Crippen molar-refractivity contribution in [3.63, 3.8) is 0 Å². The second kappa shape index (κ2) is 44.8. The van der Waals surface area contributed by atoms with Gasteiger partial charge in [0.15, 0.2) is 52.2 Å². The molecule has 1 fully saturated rings. The molecule has 0 radical (unpaired) electrons. The van der Waals surface area contributed by atoms with Gasteiger partial charge >= 0.3 is 37.2 Å². The fourth-order valence-corrected chi connectivity index (χ4v) is 17.7. The molecule has 0 bridgehead atoms. The van der Waals surface area contributed by atoms with Gasteiger partial charge in [-0.15, -0.1) is 0 Å². The molecule has 4 heterocycles. The van der Waals surface area contributed by atoms with Crippen molar-refractivity contribution >= 4 is 55.5 Å². The number of benzene rings is 8. The van der Waals surface area contributed by atoms with Gasteiger partial charge in [-0.3, -0.25) is 28.8 Å². The van der Waals surface area contributed by atoms with E-state index in [2.05, 4.69) is 10.6 Å². The third kappa shape index (κ3) is 27.3. The van der Waals surface area contributed by atoms with Crippen molar-refractivity contribution in [2.24, 2.45) is 28.3 Å². The summed E-state index contributed by atoms with van der Waals surface area (Å²) in [6, 6.07) is 22.3. The smallest absolute Gasteiger partial charge is 0.353 e. The van der Waals surface area contributed by atoms with E-state index in [4.69, 9.17) is 22.9 Å². The number of amides is 6. The fraction of sp³-hybridized carbons (Fsp3) is 0.413. The molecule has 4 aliphatic heterocycles. The molecule has 0 spiro atoms. The standard InChI is InChI=1S/C25H25F6N3O2.C24H25F6N3O2.C22H23F6N3O3S.C21H21F6N3O3S/c26-19-11-21(28)20(27)9-16(19)7-17(32)10-22(35)34-13-15-4-2-1-3-14(15)8-18(34)12-33-23(36)24(5-6-24)25(29,30)31;1-23(2,28)22(35)32-11-20-24(29,30)16-6-4-3-5-13(16)12-33(20)21(34)9-15(31)7-14-8-18(26)19(27)10-17(14)25;1-30(35(33,34)22(26,27)28)12-17-7-13-4-2-3-5-14(13)11-31(17)21(32)9-16(29)6-15-8-19(24)20(25)10-18(15)23;22-17-9-19(24)18(23)7-14(17)5-15(28)8-20(31)30-11-13-4-2-1-3-12(13)6-16(30)10-29-34(32,33)21(25,26)27/h1-4,9,11,17-18H,5-8,10,12-13,32H2,(H,33,36);3-6,8,10,15,20H,7,9,11-12,31H2,1-2H3,(H,32,35);2-5,8,10,16-17H,6-7,9,11-12,29H2,1H3;1-4,7,9,15-16,29H,5-6,8,10-11,28H2/t17-,18+;15-,20-;16-,17+;15-,16+/m1111/s1. The van der Waals surface area contributed by atoms with Crippen LogP contribution in [0.1, 0.15) is 119 Å². The molecule has 762 valence electrons. The number of rotatable bonds is 28. The Morgan fingerprint density at radius 1 is 0.400 bits per heavy atom. The number of nitrogens with zero attached hydrogens (tertiary/aromatic N) is 5. The lowest BCUT2D eigenvalue weighted by atomic mass is 9.89. The molecule has 1 saturated carbocycles. The molecule has 22 nitrogen and oxygen atoms in total. The number of alkyl halides is 12. The number of fused-ring (bicyclic) bond motifs is 4. The minimum atomic E-state index is -5.62. The van der Waals surface area contributed by atoms with Crippen molar-refractivity contribution < 1.29 is 151 Å². The Morgan fingerprint density at radius 2 is 0.700 bits per heavy atom. The van der Waals surface area contributed by atoms with Crippen LogP contribution < -0.4 is 38.3 Å². The number of hydrogen-bond acceptors (Lipinski definition) is 14. The molecule has 8 atom stereocenters. The molecule has 5 aliphatic rings. The van der Waals surface area contributed by atoms with E-state index >= 15 is 8.78 Å². The lowest BCUT2D eigenvalue weighted by Gasteiger charge is -2.42. The average molecular weight is 2050 g/mol. The van der Waals surface area contributed by atoms with E-state index in [1.807, 2.05) is 12.1 Å². The van der Waals surface area contributed by atoms with Crippen LogP contribution in [-0.2, 0) is 126 Å². The summed E-state index contributed by atoms with van der Waals surface area (Å²) in [4.78, 5) is 81.3. The topological polar surface area (TPSA) is 327 Å². The SMILES string of the molecule is CC(C)(F)C(=O)NC[C@H]1N(C(=O)C[C@H](N)Cc2cc(F)c(F)cc2F)Cc2ccccc2C1(F)F.CN(C[C@@H]1Cc2ccccc2CN1C(=O)C[C@H](N)Cc1cc(F)c(F)cc1F)S(=O)(=O)C(F)(F)F.N[C@@H](CC(=O)N1Cc2ccccc2C[C@H]1CNC(=O)C1(C(F)(F)F)CC1)Cc1cc(F)c(F)cc1F.N[C@@H](CC(=O)N1Cc2ccccc2C[C@H]1CNS(=O)(=O)C(F)(F)F)Cc1cc(F)c(F)cc1F. The van der Waals surface area contributed by atoms with E-state index in [1.165, 1.54) is 43.7 Å². The monoisotopic (exact) mass is 2050 g/mol. The average Bonchev–Trinajstić information content (AvgIpc) is 1.35. The van der Waals surface area contributed by atoms with Crippen LogP contribution in [0.3, 0.4) is 0 Å². The van der Waals surface area contributed by atoms with Crippen molar-refractivity contribution in [1.29, 1.82) is 0 Å². The summed E-state index contributed by atoms with van der Waals surface area (Å²) in [6.45, 7) is -0.333. The van der Waals surface area contributed by atoms with Gasteiger partial charge < -0.3 is 53.2 Å². The first kappa shape index (κ1) is 111. The molecular formula is C92H94F24N12O10S2. The van der Waals surface area contributed by atoms with Crippen LogP contribution in [-0.4, -0.2) is 181 Å². The van der Waals surface area contributed by atoms with Crippen LogP contribution in [0.25, 0.3) is 0 Å². The second-order valence-electron chi connectivity index (χ2n) is 34.9. The number of nitrogens with one attached hydrogen (secondary N) is 3. The molecule has 48 heteroatoms. The number of carbonyl (C=O) groups excluding carboxylic acids is 6. The number of sulfonamides is 2. The molecule has 0 unspecified atom stereocenters. The van der Waals surface area contributed by atoms with Gasteiger partial charge in [-0.1, -0.05) is 97.1 Å². The van der Waals surface area contributed by atoms with Gasteiger partial charge in [-0.05, 0) is 157 Å². The first-order chi connectivity index (χ1) is 65.1. The quantitative estimate of drug-likeness (QED) is 0.0177. The minimum absolute atomic E-state index is 0.000321. The molecule has 0 saturated heterocycles. The summed E-state index contributed by atoms with van der Waals surface area (Å²) < 4.78 is 372. The fourth-order valence-electron chi connectivity index (χ4n) is 16.4. The van der Waals surface area contributed by atoms with E-state index in [0.29, 0.717) is 55.0 Å². The molecule has 11 N–H and O–H groups in total. The Kier molecular flexibility index (Phi) is 35.4. The zero-order valence-electron chi connectivity index (χ0n) is 74.3. The number of carbonyl (C=O) groups is 6. The van der Waals surface area contributed by atoms with Gasteiger partial charge in [0.2, 0.25) is 29.5 Å². The van der Waals surface area contributed by atoms with Gasteiger partial charge in [0, 0.05) is 151 Å². The zero-order chi connectivity index (χ0) is 104. The zero-order valence-corrected chi connectivity index (χ0v) is 76.0. The van der Waals surface area contributed by atoms with Gasteiger partial charge in [0.25, 0.3) is 11.8 Å². The third-order valence-electron chi connectivity index (χ3n) is 24.1. The van der Waals surface area contributed by atoms with Crippen molar-refractivity contribution in [2.45, 2.75) is 201 Å². The Balaban J connectivity index is 0.000000192. The Labute approximate surface area is 786 Å². The van der Waals surface area contributed by atoms with E-state index < -0.39 is 234 Å². The normalized spacial score (nSPS) is 18.1. The Hall–Kier alpha value is -11.4. The first-order valence-corrected chi connectivity index (χ1v) is 45.8. The van der Waals surface area contributed by atoms with E-state index in [1.54, 1.807) is 60.7 Å². The number of halogens is 24. The summed E-state index contributed by atoms with van der Waals surface area (Å²) in [5.41, 5.74) is 11.8. The maximum atomic E-state index is 15.4. The maximum Gasteiger partial charge on any atom is 0.511 e. The number of nitrogens with two attached hydrogens (primary N) is 4. The maximum absolute atomic E-state index is 15.4. The highest BCUT2D eigenvalue weighted by Gasteiger charge is 2.68. The summed E-state index contributed by atoms with van der Waals surface area (Å²) in [5.74, 6) is -22.9. The molecule has 1 aliphatic carbocycles. The highest BCUT2D eigenvalue weighted by atomic mass is 32.2. The largest absolute Gasteiger partial charge is 0.511 e. The van der Waals surface area contributed by atoms with Crippen molar-refractivity contribution in [3.05, 3.63) is 282 Å². The molecule has 0 aromatic heterocycles. The van der Waals surface area contributed by atoms with Crippen molar-refractivity contribution in [2.75, 3.05) is 33.2 Å². The predicted octanol–water partition coefficient (Wildman–Crippen LogP) is 13.4. The number of likely N-dealkylation sites (N-methyl/N-ethyl adjacent to an activating group) is 1. The minimum Gasteiger partial charge on any atom is -0.353 e. The van der Waals surface area contributed by atoms with Crippen LogP contribution in [0.2, 0.25) is 0 Å². The summed E-state index contributed by atoms with van der Waals surface area (Å²) >= 11 is 0. The van der Waals surface area contributed by atoms with Crippen LogP contribution in [0.4, 0.5) is 105 Å². The molecule has 8 aromatic rings. The van der Waals surface area contributed by atoms with Gasteiger partial charge in [0.05, 0.1) is 6.04 Å². The second-order valence-corrected chi connectivity index (χ2v) is 38.7. The van der Waals surface area contributed by atoms with E-state index in [0.717, 1.165) is 59.2 Å². The van der Waals surface area contributed by atoms with E-state index in [9.17, 15) is 142 Å². The predicted molar refractivity (Wildman–Crippen MR) is 458 cm³/mol. The van der Waals surface area contributed by atoms with Crippen LogP contribution >= 0.6 is 0 Å². The highest BCUT2D eigenvalue weighted by Crippen LogP contribution is 2.58. The summed E-state index contributed by atoms with van der Waals surface area (Å²) in [7, 11) is -10.5. The van der Waals surface area contributed by atoms with Crippen molar-refractivity contribution in [3.8, 4) is 0 Å². The van der Waals surface area contributed by atoms with E-state index in [-0.39, 0.29) is 141 Å². The number of hydrogen-bond donors (Lipinski definition) is 7. The van der Waals surface area contributed by atoms with Crippen LogP contribution in [0, 0.1) is 75.2 Å². The first-order valence-electron chi connectivity index (χ1n) is 42.9. The molecule has 13 rings (SSSR count). The van der Waals surface area contributed by atoms with Crippen LogP contribution in [0.15, 0.2) is 146 Å². The molecular weight excluding hydrogens is 1950 g/mol. The molecule has 6 amide bonds. The van der Waals surface area contributed by atoms with Gasteiger partial charge in [-0.2, -0.15) is 52.6 Å². The van der Waals surface area contributed by atoms with Gasteiger partial charge in [0.1, 0.15) is 34.7 Å². The Bertz CT molecular complexity index is 6120. The molecule has 140 heavy (non-hydrogen) atoms. The highest BCUT2D eigenvalue weighted by molar-refractivity contribution is 7.90. The lowest BCUT2D eigenvalue weighted by Crippen LogP contribution is -2.58. The van der Waals surface area contributed by atoms with Gasteiger partial charge in [-0.25, -0.2) is 78.6 Å². The summed E-state index contributed by atoms with van der Waals surface area (Å²) in [5, 5.41) is 4.51. The lowest BCUT2D eigenvalue weighted by molar-refractivity contribution is -0.192. The Morgan fingerprint density at radius 3 is 1.03 bits per heavy atom. The van der Waals surface area contributed by atoms with Crippen molar-refractivity contribution in [1.82, 2.24) is 39.3 Å². The molecule has 8 aromatic carbocycles. The van der Waals surface area contributed by atoms with Crippen LogP contribution in [0.5, 0.6) is 0 Å². The third-order valence-corrected chi connectivity index (χ3v) is 26.8. The summed E-state index contributed by atoms with van der Waals surface area (Å²) in [6.07, 6.45) is -7.41.